The number of hydrogen-bond donors (Lipinski definition) is 3. The zero-order valence-electron chi connectivity index (χ0n) is 10.5. The molecular weight excluding hydrogens is 252 g/mol. The van der Waals surface area contributed by atoms with Gasteiger partial charge in [0.15, 0.2) is 11.6 Å². The third-order valence-corrected chi connectivity index (χ3v) is 3.31. The molecule has 104 valence electrons. The number of nitrogens with two attached hydrogens (primary N) is 1. The zero-order chi connectivity index (χ0) is 13.8. The Balaban J connectivity index is 2.00. The molecule has 0 atom stereocenters. The minimum Gasteiger partial charge on any atom is -0.397 e. The van der Waals surface area contributed by atoms with Crippen LogP contribution in [0.3, 0.4) is 0 Å². The Morgan fingerprint density at radius 1 is 1.21 bits per heavy atom. The van der Waals surface area contributed by atoms with E-state index < -0.39 is 17.7 Å². The Kier molecular flexibility index (Phi) is 4.19. The first-order valence-corrected chi connectivity index (χ1v) is 6.39. The van der Waals surface area contributed by atoms with Crippen LogP contribution < -0.4 is 16.4 Å². The summed E-state index contributed by atoms with van der Waals surface area (Å²) in [5.41, 5.74) is 5.21. The second kappa shape index (κ2) is 5.86. The fourth-order valence-corrected chi connectivity index (χ4v) is 2.27. The SMILES string of the molecule is Nc1ccc(F)c(F)c1NC(=O)NC1CCCCC1. The van der Waals surface area contributed by atoms with Crippen molar-refractivity contribution < 1.29 is 13.6 Å². The highest BCUT2D eigenvalue weighted by Gasteiger charge is 2.18. The van der Waals surface area contributed by atoms with Gasteiger partial charge in [-0.15, -0.1) is 0 Å². The van der Waals surface area contributed by atoms with E-state index in [4.69, 9.17) is 5.73 Å². The van der Waals surface area contributed by atoms with E-state index in [1.165, 1.54) is 12.5 Å². The number of urea groups is 1. The van der Waals surface area contributed by atoms with Crippen LogP contribution in [-0.4, -0.2) is 12.1 Å². The number of nitrogens with one attached hydrogen (secondary N) is 2. The van der Waals surface area contributed by atoms with E-state index in [9.17, 15) is 13.6 Å². The molecule has 1 saturated carbocycles. The summed E-state index contributed by atoms with van der Waals surface area (Å²) in [5, 5.41) is 5.02. The Morgan fingerprint density at radius 2 is 1.89 bits per heavy atom. The standard InChI is InChI=1S/C13H17F2N3O/c14-9-6-7-10(16)12(11(9)15)18-13(19)17-8-4-2-1-3-5-8/h6-8H,1-5,16H2,(H2,17,18,19). The number of halogens is 2. The number of amides is 2. The van der Waals surface area contributed by atoms with Crippen LogP contribution in [0.4, 0.5) is 25.0 Å². The van der Waals surface area contributed by atoms with Crippen LogP contribution >= 0.6 is 0 Å². The molecule has 0 unspecified atom stereocenters. The van der Waals surface area contributed by atoms with Crippen molar-refractivity contribution in [3.05, 3.63) is 23.8 Å². The largest absolute Gasteiger partial charge is 0.397 e. The normalized spacial score (nSPS) is 16.1. The second-order valence-electron chi connectivity index (χ2n) is 4.76. The number of rotatable bonds is 2. The summed E-state index contributed by atoms with van der Waals surface area (Å²) < 4.78 is 26.6. The van der Waals surface area contributed by atoms with Crippen molar-refractivity contribution in [1.82, 2.24) is 5.32 Å². The third-order valence-electron chi connectivity index (χ3n) is 3.31. The summed E-state index contributed by atoms with van der Waals surface area (Å²) in [4.78, 5) is 11.7. The highest BCUT2D eigenvalue weighted by Crippen LogP contribution is 2.24. The van der Waals surface area contributed by atoms with Crippen LogP contribution in [0.25, 0.3) is 0 Å². The van der Waals surface area contributed by atoms with Crippen molar-refractivity contribution in [2.24, 2.45) is 0 Å². The van der Waals surface area contributed by atoms with Crippen molar-refractivity contribution in [2.45, 2.75) is 38.1 Å². The van der Waals surface area contributed by atoms with Crippen LogP contribution in [0.2, 0.25) is 0 Å². The highest BCUT2D eigenvalue weighted by molar-refractivity contribution is 5.92. The Morgan fingerprint density at radius 3 is 2.58 bits per heavy atom. The van der Waals surface area contributed by atoms with E-state index in [0.29, 0.717) is 0 Å². The maximum absolute atomic E-state index is 13.5. The minimum atomic E-state index is -1.14. The van der Waals surface area contributed by atoms with E-state index in [0.717, 1.165) is 31.7 Å². The van der Waals surface area contributed by atoms with E-state index in [1.807, 2.05) is 0 Å². The first-order chi connectivity index (χ1) is 9.08. The van der Waals surface area contributed by atoms with Gasteiger partial charge in [0.05, 0.1) is 5.69 Å². The van der Waals surface area contributed by atoms with Gasteiger partial charge in [0.25, 0.3) is 0 Å². The molecule has 1 aromatic rings. The summed E-state index contributed by atoms with van der Waals surface area (Å²) in [6, 6.07) is 1.68. The average molecular weight is 269 g/mol. The molecule has 1 aliphatic carbocycles. The van der Waals surface area contributed by atoms with Gasteiger partial charge < -0.3 is 16.4 Å². The van der Waals surface area contributed by atoms with Crippen molar-refractivity contribution in [3.63, 3.8) is 0 Å². The van der Waals surface area contributed by atoms with Crippen LogP contribution in [0, 0.1) is 11.6 Å². The van der Waals surface area contributed by atoms with Gasteiger partial charge in [-0.3, -0.25) is 0 Å². The fraction of sp³-hybridized carbons (Fsp3) is 0.462. The number of benzene rings is 1. The summed E-state index contributed by atoms with van der Waals surface area (Å²) in [7, 11) is 0. The molecule has 0 bridgehead atoms. The first-order valence-electron chi connectivity index (χ1n) is 6.39. The van der Waals surface area contributed by atoms with Gasteiger partial charge >= 0.3 is 6.03 Å². The molecular formula is C13H17F2N3O. The first kappa shape index (κ1) is 13.6. The van der Waals surface area contributed by atoms with Gasteiger partial charge in [0.2, 0.25) is 0 Å². The third kappa shape index (κ3) is 3.33. The quantitative estimate of drug-likeness (QED) is 0.722. The summed E-state index contributed by atoms with van der Waals surface area (Å²) >= 11 is 0. The number of anilines is 2. The lowest BCUT2D eigenvalue weighted by molar-refractivity contribution is 0.244. The van der Waals surface area contributed by atoms with Crippen LogP contribution in [0.1, 0.15) is 32.1 Å². The van der Waals surface area contributed by atoms with Crippen molar-refractivity contribution >= 4 is 17.4 Å². The molecule has 0 aliphatic heterocycles. The number of nitrogen functional groups attached to an aromatic ring is 1. The zero-order valence-corrected chi connectivity index (χ0v) is 10.5. The van der Waals surface area contributed by atoms with Gasteiger partial charge in [0, 0.05) is 6.04 Å². The molecule has 4 N–H and O–H groups in total. The molecule has 0 saturated heterocycles. The van der Waals surface area contributed by atoms with Gasteiger partial charge in [-0.1, -0.05) is 19.3 Å². The van der Waals surface area contributed by atoms with Crippen LogP contribution in [0.15, 0.2) is 12.1 Å². The van der Waals surface area contributed by atoms with E-state index in [-0.39, 0.29) is 17.4 Å². The van der Waals surface area contributed by atoms with Gasteiger partial charge in [-0.05, 0) is 25.0 Å². The van der Waals surface area contributed by atoms with E-state index >= 15 is 0 Å². The molecule has 19 heavy (non-hydrogen) atoms. The minimum absolute atomic E-state index is 0.00214. The van der Waals surface area contributed by atoms with Crippen molar-refractivity contribution in [1.29, 1.82) is 0 Å². The molecule has 0 heterocycles. The predicted molar refractivity (Wildman–Crippen MR) is 69.8 cm³/mol. The maximum Gasteiger partial charge on any atom is 0.319 e. The molecule has 0 spiro atoms. The topological polar surface area (TPSA) is 67.1 Å². The lowest BCUT2D eigenvalue weighted by Gasteiger charge is -2.23. The predicted octanol–water partition coefficient (Wildman–Crippen LogP) is 3.00. The Labute approximate surface area is 110 Å². The molecule has 0 aromatic heterocycles. The number of carbonyl (C=O) groups excluding carboxylic acids is 1. The van der Waals surface area contributed by atoms with Crippen LogP contribution in [-0.2, 0) is 0 Å². The number of carbonyl (C=O) groups is 1. The van der Waals surface area contributed by atoms with Crippen molar-refractivity contribution in [3.8, 4) is 0 Å². The molecule has 1 fully saturated rings. The lowest BCUT2D eigenvalue weighted by Crippen LogP contribution is -2.39. The monoisotopic (exact) mass is 269 g/mol. The average Bonchev–Trinajstić information content (AvgIpc) is 2.40. The molecule has 2 rings (SSSR count). The smallest absolute Gasteiger partial charge is 0.319 e. The van der Waals surface area contributed by atoms with Gasteiger partial charge in [0.1, 0.15) is 5.69 Å². The highest BCUT2D eigenvalue weighted by atomic mass is 19.2. The molecule has 1 aromatic carbocycles. The Bertz CT molecular complexity index is 473. The Hall–Kier alpha value is -1.85. The van der Waals surface area contributed by atoms with Gasteiger partial charge in [-0.2, -0.15) is 0 Å². The lowest BCUT2D eigenvalue weighted by atomic mass is 9.96. The molecule has 2 amide bonds. The molecule has 4 nitrogen and oxygen atoms in total. The number of hydrogen-bond acceptors (Lipinski definition) is 2. The maximum atomic E-state index is 13.5. The van der Waals surface area contributed by atoms with Crippen molar-refractivity contribution in [2.75, 3.05) is 11.1 Å². The van der Waals surface area contributed by atoms with E-state index in [1.54, 1.807) is 0 Å². The summed E-state index contributed by atoms with van der Waals surface area (Å²) in [5.74, 6) is -2.18. The molecule has 1 aliphatic rings. The van der Waals surface area contributed by atoms with Crippen LogP contribution in [0.5, 0.6) is 0 Å². The fourth-order valence-electron chi connectivity index (χ4n) is 2.27. The molecule has 0 radical (unpaired) electrons. The van der Waals surface area contributed by atoms with E-state index in [2.05, 4.69) is 10.6 Å². The molecule has 6 heteroatoms. The van der Waals surface area contributed by atoms with Gasteiger partial charge in [-0.25, -0.2) is 13.6 Å². The summed E-state index contributed by atoms with van der Waals surface area (Å²) in [6.07, 6.45) is 5.14. The second-order valence-corrected chi connectivity index (χ2v) is 4.76. The summed E-state index contributed by atoms with van der Waals surface area (Å²) in [6.45, 7) is 0.